The summed E-state index contributed by atoms with van der Waals surface area (Å²) in [7, 11) is 0. The van der Waals surface area contributed by atoms with Crippen LogP contribution in [0.4, 0.5) is 0 Å². The largest absolute Gasteiger partial charge is 0.490 e. The maximum absolute atomic E-state index is 12.6. The number of rotatable bonds is 9. The van der Waals surface area contributed by atoms with Gasteiger partial charge in [-0.2, -0.15) is 0 Å². The fourth-order valence-electron chi connectivity index (χ4n) is 3.01. The zero-order chi connectivity index (χ0) is 20.7. The summed E-state index contributed by atoms with van der Waals surface area (Å²) in [6, 6.07) is 12.8. The van der Waals surface area contributed by atoms with Gasteiger partial charge in [0.2, 0.25) is 0 Å². The molecule has 150 valence electrons. The topological polar surface area (TPSA) is 84.9 Å². The molecule has 0 aliphatic rings. The third kappa shape index (κ3) is 5.49. The van der Waals surface area contributed by atoms with Crippen molar-refractivity contribution >= 4 is 11.9 Å². The molecule has 0 bridgehead atoms. The molecule has 6 heteroatoms. The Kier molecular flexibility index (Phi) is 7.04. The molecule has 0 radical (unpaired) electrons. The van der Waals surface area contributed by atoms with Crippen molar-refractivity contribution in [2.45, 2.75) is 33.1 Å². The number of carbonyl (C=O) groups is 2. The molecule has 6 nitrogen and oxygen atoms in total. The van der Waals surface area contributed by atoms with Crippen LogP contribution in [0.2, 0.25) is 0 Å². The molecular weight excluding hydrogens is 358 g/mol. The molecular formula is C22H27NO5. The lowest BCUT2D eigenvalue weighted by molar-refractivity contribution is -0.139. The van der Waals surface area contributed by atoms with Gasteiger partial charge in [0, 0.05) is 17.5 Å². The highest BCUT2D eigenvalue weighted by molar-refractivity contribution is 5.95. The van der Waals surface area contributed by atoms with E-state index in [9.17, 15) is 9.59 Å². The predicted octanol–water partition coefficient (Wildman–Crippen LogP) is 3.56. The minimum absolute atomic E-state index is 0.228. The number of ether oxygens (including phenoxy) is 2. The van der Waals surface area contributed by atoms with Crippen molar-refractivity contribution in [2.75, 3.05) is 19.8 Å². The van der Waals surface area contributed by atoms with Gasteiger partial charge in [-0.25, -0.2) is 4.79 Å². The van der Waals surface area contributed by atoms with E-state index in [1.165, 1.54) is 11.1 Å². The van der Waals surface area contributed by atoms with E-state index in [0.29, 0.717) is 30.2 Å². The molecule has 0 spiro atoms. The van der Waals surface area contributed by atoms with Crippen LogP contribution in [0.25, 0.3) is 0 Å². The number of hydrogen-bond acceptors (Lipinski definition) is 4. The lowest BCUT2D eigenvalue weighted by Crippen LogP contribution is -2.37. The smallest absolute Gasteiger partial charge is 0.341 e. The number of aryl methyl sites for hydroxylation is 1. The fraction of sp³-hybridized carbons (Fsp3) is 0.364. The van der Waals surface area contributed by atoms with Gasteiger partial charge in [0.15, 0.2) is 18.1 Å². The Morgan fingerprint density at radius 2 is 1.79 bits per heavy atom. The lowest BCUT2D eigenvalue weighted by atomic mass is 9.82. The first-order valence-corrected chi connectivity index (χ1v) is 9.20. The third-order valence-corrected chi connectivity index (χ3v) is 4.42. The van der Waals surface area contributed by atoms with Gasteiger partial charge in [0.25, 0.3) is 5.91 Å². The van der Waals surface area contributed by atoms with E-state index in [1.54, 1.807) is 25.1 Å². The summed E-state index contributed by atoms with van der Waals surface area (Å²) in [6.45, 7) is 8.40. The van der Waals surface area contributed by atoms with Crippen LogP contribution in [0.5, 0.6) is 11.5 Å². The monoisotopic (exact) mass is 385 g/mol. The highest BCUT2D eigenvalue weighted by Crippen LogP contribution is 2.29. The first kappa shape index (κ1) is 21.3. The maximum Gasteiger partial charge on any atom is 0.341 e. The van der Waals surface area contributed by atoms with Crippen molar-refractivity contribution < 1.29 is 24.2 Å². The van der Waals surface area contributed by atoms with Crippen molar-refractivity contribution in [1.29, 1.82) is 0 Å². The second-order valence-electron chi connectivity index (χ2n) is 7.16. The molecule has 2 N–H and O–H groups in total. The van der Waals surface area contributed by atoms with Gasteiger partial charge in [0.1, 0.15) is 0 Å². The quantitative estimate of drug-likeness (QED) is 0.689. The minimum atomic E-state index is -1.08. The molecule has 0 saturated heterocycles. The minimum Gasteiger partial charge on any atom is -0.490 e. The van der Waals surface area contributed by atoms with E-state index >= 15 is 0 Å². The van der Waals surface area contributed by atoms with Crippen LogP contribution < -0.4 is 14.8 Å². The van der Waals surface area contributed by atoms with E-state index in [2.05, 4.69) is 38.2 Å². The Bertz CT molecular complexity index is 845. The Morgan fingerprint density at radius 1 is 1.07 bits per heavy atom. The first-order valence-electron chi connectivity index (χ1n) is 9.20. The van der Waals surface area contributed by atoms with Gasteiger partial charge >= 0.3 is 5.97 Å². The van der Waals surface area contributed by atoms with Gasteiger partial charge in [-0.05, 0) is 43.2 Å². The van der Waals surface area contributed by atoms with E-state index in [0.717, 1.165) is 0 Å². The second kappa shape index (κ2) is 9.26. The zero-order valence-corrected chi connectivity index (χ0v) is 16.7. The molecule has 0 aliphatic carbocycles. The predicted molar refractivity (Wildman–Crippen MR) is 107 cm³/mol. The molecule has 2 aromatic carbocycles. The Morgan fingerprint density at radius 3 is 2.43 bits per heavy atom. The second-order valence-corrected chi connectivity index (χ2v) is 7.16. The van der Waals surface area contributed by atoms with Gasteiger partial charge in [0.05, 0.1) is 6.61 Å². The molecule has 0 saturated carbocycles. The number of carboxylic acid groups (broad SMARTS) is 1. The summed E-state index contributed by atoms with van der Waals surface area (Å²) >= 11 is 0. The van der Waals surface area contributed by atoms with Gasteiger partial charge in [-0.1, -0.05) is 38.1 Å². The summed E-state index contributed by atoms with van der Waals surface area (Å²) in [4.78, 5) is 23.3. The molecule has 0 fully saturated rings. The van der Waals surface area contributed by atoms with E-state index in [1.807, 2.05) is 12.1 Å². The molecule has 2 aromatic rings. The van der Waals surface area contributed by atoms with Crippen LogP contribution in [0.3, 0.4) is 0 Å². The van der Waals surface area contributed by atoms with Crippen LogP contribution in [0.1, 0.15) is 42.3 Å². The van der Waals surface area contributed by atoms with E-state index in [4.69, 9.17) is 14.6 Å². The lowest BCUT2D eigenvalue weighted by Gasteiger charge is -2.27. The van der Waals surface area contributed by atoms with Gasteiger partial charge in [-0.15, -0.1) is 0 Å². The van der Waals surface area contributed by atoms with Crippen LogP contribution >= 0.6 is 0 Å². The fourth-order valence-corrected chi connectivity index (χ4v) is 3.01. The molecule has 0 aliphatic heterocycles. The molecule has 0 unspecified atom stereocenters. The number of benzene rings is 2. The Hall–Kier alpha value is -3.02. The number of nitrogens with one attached hydrogen (secondary N) is 1. The highest BCUT2D eigenvalue weighted by Gasteiger charge is 2.23. The van der Waals surface area contributed by atoms with Crippen LogP contribution in [0.15, 0.2) is 42.5 Å². The van der Waals surface area contributed by atoms with E-state index in [-0.39, 0.29) is 11.3 Å². The van der Waals surface area contributed by atoms with Crippen molar-refractivity contribution in [1.82, 2.24) is 5.32 Å². The van der Waals surface area contributed by atoms with Gasteiger partial charge in [-0.3, -0.25) is 4.79 Å². The van der Waals surface area contributed by atoms with Crippen molar-refractivity contribution in [2.24, 2.45) is 0 Å². The molecule has 0 heterocycles. The summed E-state index contributed by atoms with van der Waals surface area (Å²) in [5, 5.41) is 11.7. The third-order valence-electron chi connectivity index (χ3n) is 4.42. The molecule has 1 amide bonds. The Labute approximate surface area is 165 Å². The Balaban J connectivity index is 2.12. The average Bonchev–Trinajstić information content (AvgIpc) is 2.65. The molecule has 0 atom stereocenters. The molecule has 0 aromatic heterocycles. The summed E-state index contributed by atoms with van der Waals surface area (Å²) in [5.41, 5.74) is 2.56. The summed E-state index contributed by atoms with van der Waals surface area (Å²) in [6.07, 6.45) is 0. The normalized spacial score (nSPS) is 11.0. The standard InChI is InChI=1S/C22H27NO5/c1-5-27-19-12-16(10-11-18(19)28-13-20(24)25)21(26)23-14-22(3,4)17-9-7-6-8-15(17)2/h6-12H,5,13-14H2,1-4H3,(H,23,26)(H,24,25). The number of amides is 1. The highest BCUT2D eigenvalue weighted by atomic mass is 16.5. The maximum atomic E-state index is 12.6. The SMILES string of the molecule is CCOc1cc(C(=O)NCC(C)(C)c2ccccc2C)ccc1OCC(=O)O. The summed E-state index contributed by atoms with van der Waals surface area (Å²) in [5.74, 6) is -0.675. The average molecular weight is 385 g/mol. The van der Waals surface area contributed by atoms with Crippen LogP contribution in [-0.4, -0.2) is 36.7 Å². The number of carbonyl (C=O) groups excluding carboxylic acids is 1. The molecule has 2 rings (SSSR count). The van der Waals surface area contributed by atoms with Crippen molar-refractivity contribution in [3.8, 4) is 11.5 Å². The number of hydrogen-bond donors (Lipinski definition) is 2. The van der Waals surface area contributed by atoms with Crippen LogP contribution in [-0.2, 0) is 10.2 Å². The van der Waals surface area contributed by atoms with E-state index < -0.39 is 12.6 Å². The number of aliphatic carboxylic acids is 1. The molecule has 28 heavy (non-hydrogen) atoms. The van der Waals surface area contributed by atoms with Crippen LogP contribution in [0, 0.1) is 6.92 Å². The first-order chi connectivity index (χ1) is 13.2. The van der Waals surface area contributed by atoms with Crippen molar-refractivity contribution in [3.05, 3.63) is 59.2 Å². The summed E-state index contributed by atoms with van der Waals surface area (Å²) < 4.78 is 10.7. The van der Waals surface area contributed by atoms with Gasteiger partial charge < -0.3 is 19.9 Å². The van der Waals surface area contributed by atoms with Crippen molar-refractivity contribution in [3.63, 3.8) is 0 Å². The number of carboxylic acids is 1. The zero-order valence-electron chi connectivity index (χ0n) is 16.7.